The van der Waals surface area contributed by atoms with Crippen LogP contribution in [0.3, 0.4) is 0 Å². The molecule has 0 atom stereocenters. The van der Waals surface area contributed by atoms with E-state index >= 15 is 0 Å². The molecule has 0 saturated carbocycles. The highest BCUT2D eigenvalue weighted by molar-refractivity contribution is 5.88. The Hall–Kier alpha value is -2.64. The fourth-order valence-corrected chi connectivity index (χ4v) is 2.54. The highest BCUT2D eigenvalue weighted by Crippen LogP contribution is 2.24. The largest absolute Gasteiger partial charge is 0.443 e. The first kappa shape index (κ1) is 21.7. The number of amides is 2. The molecule has 0 saturated heterocycles. The molecular weight excluding hydrogens is 370 g/mol. The lowest BCUT2D eigenvalue weighted by Gasteiger charge is -2.28. The van der Waals surface area contributed by atoms with Gasteiger partial charge in [-0.1, -0.05) is 0 Å². The molecule has 0 aliphatic heterocycles. The number of rotatable bonds is 3. The summed E-state index contributed by atoms with van der Waals surface area (Å²) in [7, 11) is 0. The Balaban J connectivity index is 2.25. The van der Waals surface area contributed by atoms with Crippen molar-refractivity contribution >= 4 is 23.1 Å². The van der Waals surface area contributed by atoms with Crippen LogP contribution in [0.15, 0.2) is 18.3 Å². The lowest BCUT2D eigenvalue weighted by atomic mass is 10.1. The molecule has 154 valence electrons. The fourth-order valence-electron chi connectivity index (χ4n) is 2.54. The summed E-state index contributed by atoms with van der Waals surface area (Å²) in [6.07, 6.45) is -0.00499. The topological polar surface area (TPSA) is 71.6 Å². The van der Waals surface area contributed by atoms with Crippen molar-refractivity contribution in [1.82, 2.24) is 9.88 Å². The van der Waals surface area contributed by atoms with Gasteiger partial charge in [-0.15, -0.1) is 0 Å². The summed E-state index contributed by atoms with van der Waals surface area (Å²) < 4.78 is 38.0. The van der Waals surface area contributed by atoms with Gasteiger partial charge in [0.2, 0.25) is 0 Å². The van der Waals surface area contributed by atoms with Crippen LogP contribution >= 0.6 is 0 Å². The maximum Gasteiger partial charge on any atom is 0.419 e. The van der Waals surface area contributed by atoms with Crippen molar-refractivity contribution in [1.29, 1.82) is 0 Å². The first-order valence-corrected chi connectivity index (χ1v) is 8.95. The van der Waals surface area contributed by atoms with Crippen LogP contribution in [0.1, 0.15) is 47.1 Å². The Kier molecular flexibility index (Phi) is 6.01. The average Bonchev–Trinajstić information content (AvgIpc) is 2.87. The van der Waals surface area contributed by atoms with Crippen molar-refractivity contribution in [3.05, 3.63) is 35.5 Å². The van der Waals surface area contributed by atoms with E-state index in [4.69, 9.17) is 9.47 Å². The van der Waals surface area contributed by atoms with E-state index in [1.54, 1.807) is 41.5 Å². The number of hydrogen-bond donors (Lipinski definition) is 1. The minimum Gasteiger partial charge on any atom is -0.443 e. The zero-order valence-corrected chi connectivity index (χ0v) is 17.0. The average molecular weight is 396 g/mol. The summed E-state index contributed by atoms with van der Waals surface area (Å²) in [4.78, 5) is 28.6. The Morgan fingerprint density at radius 3 is 2.04 bits per heavy atom. The SMILES string of the molecule is CC(C)(C)OC(=O)N(CCc1c[nH]c2c(F)cc(F)cc12)C(=O)OC(C)(C)C. The number of ether oxygens (including phenoxy) is 2. The van der Waals surface area contributed by atoms with E-state index in [0.29, 0.717) is 10.9 Å². The van der Waals surface area contributed by atoms with Gasteiger partial charge in [0, 0.05) is 24.2 Å². The number of hydrogen-bond acceptors (Lipinski definition) is 4. The molecule has 2 amide bonds. The van der Waals surface area contributed by atoms with Gasteiger partial charge < -0.3 is 14.5 Å². The maximum atomic E-state index is 13.9. The molecule has 0 bridgehead atoms. The van der Waals surface area contributed by atoms with E-state index in [-0.39, 0.29) is 18.5 Å². The van der Waals surface area contributed by atoms with Crippen LogP contribution in [0.2, 0.25) is 0 Å². The molecule has 0 radical (unpaired) electrons. The molecule has 2 aromatic rings. The number of nitrogens with one attached hydrogen (secondary N) is 1. The molecule has 1 aromatic carbocycles. The van der Waals surface area contributed by atoms with Crippen molar-refractivity contribution in [2.45, 2.75) is 59.2 Å². The standard InChI is InChI=1S/C20H26F2N2O4/c1-19(2,3)27-17(25)24(18(26)28-20(4,5)6)8-7-12-11-23-16-14(12)9-13(21)10-15(16)22/h9-11,23H,7-8H2,1-6H3. The van der Waals surface area contributed by atoms with Crippen LogP contribution in [0, 0.1) is 11.6 Å². The molecule has 6 nitrogen and oxygen atoms in total. The molecule has 0 spiro atoms. The minimum absolute atomic E-state index is 0.0745. The number of aromatic amines is 1. The molecule has 1 aromatic heterocycles. The maximum absolute atomic E-state index is 13.9. The first-order valence-electron chi connectivity index (χ1n) is 8.95. The van der Waals surface area contributed by atoms with Gasteiger partial charge in [-0.3, -0.25) is 0 Å². The predicted molar refractivity (Wildman–Crippen MR) is 101 cm³/mol. The van der Waals surface area contributed by atoms with E-state index in [2.05, 4.69) is 4.98 Å². The van der Waals surface area contributed by atoms with Gasteiger partial charge in [-0.05, 0) is 59.6 Å². The number of aromatic nitrogens is 1. The Labute approximate surface area is 162 Å². The van der Waals surface area contributed by atoms with E-state index in [9.17, 15) is 18.4 Å². The van der Waals surface area contributed by atoms with E-state index in [1.807, 2.05) is 0 Å². The van der Waals surface area contributed by atoms with Gasteiger partial charge in [0.15, 0.2) is 0 Å². The lowest BCUT2D eigenvalue weighted by Crippen LogP contribution is -2.44. The van der Waals surface area contributed by atoms with E-state index < -0.39 is 35.0 Å². The zero-order valence-electron chi connectivity index (χ0n) is 17.0. The second-order valence-electron chi connectivity index (χ2n) is 8.49. The summed E-state index contributed by atoms with van der Waals surface area (Å²) in [5, 5.41) is 0.353. The molecule has 1 N–H and O–H groups in total. The summed E-state index contributed by atoms with van der Waals surface area (Å²) >= 11 is 0. The van der Waals surface area contributed by atoms with Gasteiger partial charge in [-0.2, -0.15) is 0 Å². The Morgan fingerprint density at radius 2 is 1.54 bits per heavy atom. The molecule has 0 fully saturated rings. The van der Waals surface area contributed by atoms with Gasteiger partial charge in [0.05, 0.1) is 5.52 Å². The number of imide groups is 1. The zero-order chi connectivity index (χ0) is 21.3. The number of halogens is 2. The number of carbonyl (C=O) groups excluding carboxylic acids is 2. The quantitative estimate of drug-likeness (QED) is 0.778. The summed E-state index contributed by atoms with van der Waals surface area (Å²) in [6, 6.07) is 1.99. The van der Waals surface area contributed by atoms with Crippen LogP contribution in [0.5, 0.6) is 0 Å². The molecule has 0 aliphatic rings. The van der Waals surface area contributed by atoms with E-state index in [1.165, 1.54) is 12.3 Å². The van der Waals surface area contributed by atoms with Crippen LogP contribution in [0.25, 0.3) is 10.9 Å². The van der Waals surface area contributed by atoms with Crippen molar-refractivity contribution in [2.75, 3.05) is 6.54 Å². The van der Waals surface area contributed by atoms with Crippen molar-refractivity contribution in [2.24, 2.45) is 0 Å². The third-order valence-corrected chi connectivity index (χ3v) is 3.62. The van der Waals surface area contributed by atoms with Crippen molar-refractivity contribution in [3.63, 3.8) is 0 Å². The summed E-state index contributed by atoms with van der Waals surface area (Å²) in [6.45, 7) is 10.0. The second kappa shape index (κ2) is 7.77. The normalized spacial score (nSPS) is 12.1. The van der Waals surface area contributed by atoms with Crippen LogP contribution in [-0.2, 0) is 15.9 Å². The van der Waals surface area contributed by atoms with Crippen LogP contribution in [-0.4, -0.2) is 39.8 Å². The molecule has 8 heteroatoms. The fraction of sp³-hybridized carbons (Fsp3) is 0.500. The third-order valence-electron chi connectivity index (χ3n) is 3.62. The van der Waals surface area contributed by atoms with Crippen LogP contribution < -0.4 is 0 Å². The number of fused-ring (bicyclic) bond motifs is 1. The molecule has 0 aliphatic carbocycles. The Bertz CT molecular complexity index is 851. The summed E-state index contributed by atoms with van der Waals surface area (Å²) in [5.41, 5.74) is -0.877. The van der Waals surface area contributed by atoms with E-state index in [0.717, 1.165) is 11.0 Å². The minimum atomic E-state index is -0.848. The van der Waals surface area contributed by atoms with Crippen molar-refractivity contribution < 1.29 is 27.8 Å². The van der Waals surface area contributed by atoms with Gasteiger partial charge >= 0.3 is 12.2 Å². The summed E-state index contributed by atoms with van der Waals surface area (Å²) in [5.74, 6) is -1.42. The van der Waals surface area contributed by atoms with Crippen molar-refractivity contribution in [3.8, 4) is 0 Å². The predicted octanol–water partition coefficient (Wildman–Crippen LogP) is 5.16. The Morgan fingerprint density at radius 1 is 1.00 bits per heavy atom. The number of nitrogens with zero attached hydrogens (tertiary/aromatic N) is 1. The number of carbonyl (C=O) groups is 2. The number of benzene rings is 1. The lowest BCUT2D eigenvalue weighted by molar-refractivity contribution is 0.00172. The smallest absolute Gasteiger partial charge is 0.419 e. The molecule has 28 heavy (non-hydrogen) atoms. The first-order chi connectivity index (χ1) is 12.8. The molecule has 0 unspecified atom stereocenters. The molecule has 2 rings (SSSR count). The highest BCUT2D eigenvalue weighted by Gasteiger charge is 2.31. The van der Waals surface area contributed by atoms with Gasteiger partial charge in [0.1, 0.15) is 22.8 Å². The number of H-pyrrole nitrogens is 1. The molecular formula is C20H26F2N2O4. The third kappa shape index (κ3) is 5.68. The molecule has 1 heterocycles. The monoisotopic (exact) mass is 396 g/mol. The second-order valence-corrected chi connectivity index (χ2v) is 8.49. The van der Waals surface area contributed by atoms with Gasteiger partial charge in [-0.25, -0.2) is 23.3 Å². The highest BCUT2D eigenvalue weighted by atomic mass is 19.1. The van der Waals surface area contributed by atoms with Gasteiger partial charge in [0.25, 0.3) is 0 Å². The van der Waals surface area contributed by atoms with Crippen LogP contribution in [0.4, 0.5) is 18.4 Å².